The van der Waals surface area contributed by atoms with Gasteiger partial charge in [-0.1, -0.05) is 78.7 Å². The van der Waals surface area contributed by atoms with Crippen LogP contribution in [0.3, 0.4) is 0 Å². The number of hydrogen-bond donors (Lipinski definition) is 1. The standard InChI is InChI=1S/C30H31Cl2N3O5S/c1-2-16-33-29(37)26(18-21-9-4-3-5-10-21)34(20-22-14-15-23(31)19-25(22)32)28(36)13-8-17-35-30(38)24-11-6-7-12-27(24)41(35,39)40/h3-7,9-12,14-15,19,26H,2,8,13,16-18,20H2,1H3,(H,33,37). The Kier molecular flexibility index (Phi) is 10.1. The van der Waals surface area contributed by atoms with E-state index in [1.54, 1.807) is 30.3 Å². The Hall–Kier alpha value is -3.40. The van der Waals surface area contributed by atoms with Crippen LogP contribution in [0.25, 0.3) is 0 Å². The van der Waals surface area contributed by atoms with Crippen LogP contribution in [-0.2, 0) is 32.6 Å². The second-order valence-corrected chi connectivity index (χ2v) is 12.4. The molecule has 1 unspecified atom stereocenters. The summed E-state index contributed by atoms with van der Waals surface area (Å²) in [5, 5.41) is 3.70. The van der Waals surface area contributed by atoms with Gasteiger partial charge in [-0.2, -0.15) is 0 Å². The molecule has 4 rings (SSSR count). The first-order valence-corrected chi connectivity index (χ1v) is 15.5. The molecule has 0 aliphatic carbocycles. The van der Waals surface area contributed by atoms with E-state index in [2.05, 4.69) is 5.32 Å². The fourth-order valence-electron chi connectivity index (χ4n) is 4.72. The average molecular weight is 617 g/mol. The van der Waals surface area contributed by atoms with Crippen molar-refractivity contribution in [2.75, 3.05) is 13.1 Å². The average Bonchev–Trinajstić information content (AvgIpc) is 3.15. The zero-order chi connectivity index (χ0) is 29.6. The van der Waals surface area contributed by atoms with Gasteiger partial charge < -0.3 is 10.2 Å². The van der Waals surface area contributed by atoms with Gasteiger partial charge >= 0.3 is 0 Å². The molecule has 0 saturated carbocycles. The maximum absolute atomic E-state index is 13.8. The van der Waals surface area contributed by atoms with Gasteiger partial charge in [0.15, 0.2) is 0 Å². The molecule has 0 spiro atoms. The molecule has 216 valence electrons. The molecule has 1 atom stereocenters. The van der Waals surface area contributed by atoms with Gasteiger partial charge in [-0.05, 0) is 48.2 Å². The molecule has 8 nitrogen and oxygen atoms in total. The molecule has 3 amide bonds. The van der Waals surface area contributed by atoms with Gasteiger partial charge in [0.25, 0.3) is 15.9 Å². The van der Waals surface area contributed by atoms with Crippen molar-refractivity contribution in [1.82, 2.24) is 14.5 Å². The van der Waals surface area contributed by atoms with E-state index in [0.717, 1.165) is 16.3 Å². The summed E-state index contributed by atoms with van der Waals surface area (Å²) in [4.78, 5) is 41.5. The summed E-state index contributed by atoms with van der Waals surface area (Å²) < 4.78 is 26.7. The first-order chi connectivity index (χ1) is 19.6. The minimum atomic E-state index is -3.99. The largest absolute Gasteiger partial charge is 0.354 e. The fraction of sp³-hybridized carbons (Fsp3) is 0.300. The summed E-state index contributed by atoms with van der Waals surface area (Å²) in [5.41, 5.74) is 1.60. The van der Waals surface area contributed by atoms with E-state index in [4.69, 9.17) is 23.2 Å². The van der Waals surface area contributed by atoms with Crippen LogP contribution in [0.2, 0.25) is 10.0 Å². The molecule has 0 saturated heterocycles. The number of sulfonamides is 1. The lowest BCUT2D eigenvalue weighted by Gasteiger charge is -2.32. The summed E-state index contributed by atoms with van der Waals surface area (Å²) in [6.07, 6.45) is 0.980. The van der Waals surface area contributed by atoms with Gasteiger partial charge in [0, 0.05) is 42.5 Å². The van der Waals surface area contributed by atoms with Crippen LogP contribution >= 0.6 is 23.2 Å². The van der Waals surface area contributed by atoms with Crippen LogP contribution in [0.15, 0.2) is 77.7 Å². The summed E-state index contributed by atoms with van der Waals surface area (Å²) in [7, 11) is -3.99. The maximum atomic E-state index is 13.8. The monoisotopic (exact) mass is 615 g/mol. The summed E-state index contributed by atoms with van der Waals surface area (Å²) in [6.45, 7) is 2.26. The Morgan fingerprint density at radius 3 is 2.39 bits per heavy atom. The third-order valence-electron chi connectivity index (χ3n) is 6.84. The van der Waals surface area contributed by atoms with Crippen LogP contribution in [0.1, 0.15) is 47.7 Å². The molecule has 0 radical (unpaired) electrons. The number of rotatable bonds is 12. The highest BCUT2D eigenvalue weighted by atomic mass is 35.5. The highest BCUT2D eigenvalue weighted by molar-refractivity contribution is 7.90. The first kappa shape index (κ1) is 30.6. The first-order valence-electron chi connectivity index (χ1n) is 13.3. The predicted molar refractivity (Wildman–Crippen MR) is 158 cm³/mol. The number of benzene rings is 3. The van der Waals surface area contributed by atoms with Gasteiger partial charge in [-0.25, -0.2) is 12.7 Å². The molecule has 1 aliphatic rings. The van der Waals surface area contributed by atoms with Crippen LogP contribution in [0, 0.1) is 0 Å². The van der Waals surface area contributed by atoms with E-state index < -0.39 is 22.0 Å². The van der Waals surface area contributed by atoms with Crippen molar-refractivity contribution in [3.8, 4) is 0 Å². The minimum Gasteiger partial charge on any atom is -0.354 e. The highest BCUT2D eigenvalue weighted by Gasteiger charge is 2.40. The fourth-order valence-corrected chi connectivity index (χ4v) is 6.80. The van der Waals surface area contributed by atoms with Crippen molar-refractivity contribution < 1.29 is 22.8 Å². The lowest BCUT2D eigenvalue weighted by molar-refractivity contribution is -0.141. The van der Waals surface area contributed by atoms with E-state index in [9.17, 15) is 22.8 Å². The Bertz CT molecular complexity index is 1530. The molecule has 41 heavy (non-hydrogen) atoms. The molecule has 0 fully saturated rings. The Morgan fingerprint density at radius 1 is 1.00 bits per heavy atom. The number of hydrogen-bond acceptors (Lipinski definition) is 5. The third-order valence-corrected chi connectivity index (χ3v) is 9.27. The van der Waals surface area contributed by atoms with Crippen molar-refractivity contribution in [3.63, 3.8) is 0 Å². The number of carbonyl (C=O) groups excluding carboxylic acids is 3. The van der Waals surface area contributed by atoms with Gasteiger partial charge in [0.2, 0.25) is 11.8 Å². The van der Waals surface area contributed by atoms with Gasteiger partial charge in [0.1, 0.15) is 10.9 Å². The van der Waals surface area contributed by atoms with Gasteiger partial charge in [0.05, 0.1) is 5.56 Å². The molecule has 1 N–H and O–H groups in total. The van der Waals surface area contributed by atoms with Crippen molar-refractivity contribution >= 4 is 50.9 Å². The molecule has 1 aliphatic heterocycles. The molecular weight excluding hydrogens is 585 g/mol. The number of nitrogens with one attached hydrogen (secondary N) is 1. The van der Waals surface area contributed by atoms with E-state index in [0.29, 0.717) is 22.2 Å². The quantitative estimate of drug-likeness (QED) is 0.306. The molecule has 0 aromatic heterocycles. The third kappa shape index (κ3) is 7.09. The van der Waals surface area contributed by atoms with E-state index >= 15 is 0 Å². The molecule has 3 aromatic carbocycles. The van der Waals surface area contributed by atoms with Crippen molar-refractivity contribution in [3.05, 3.63) is 99.5 Å². The molecular formula is C30H31Cl2N3O5S. The van der Waals surface area contributed by atoms with Crippen LogP contribution in [0.5, 0.6) is 0 Å². The van der Waals surface area contributed by atoms with E-state index in [-0.39, 0.29) is 54.6 Å². The smallest absolute Gasteiger partial charge is 0.269 e. The minimum absolute atomic E-state index is 0.0362. The summed E-state index contributed by atoms with van der Waals surface area (Å²) in [6, 6.07) is 19.5. The zero-order valence-electron chi connectivity index (χ0n) is 22.6. The second kappa shape index (κ2) is 13.5. The zero-order valence-corrected chi connectivity index (χ0v) is 24.9. The number of nitrogens with zero attached hydrogens (tertiary/aromatic N) is 2. The normalized spacial score (nSPS) is 14.4. The lowest BCUT2D eigenvalue weighted by atomic mass is 10.0. The molecule has 0 bridgehead atoms. The topological polar surface area (TPSA) is 104 Å². The summed E-state index contributed by atoms with van der Waals surface area (Å²) >= 11 is 12.5. The van der Waals surface area contributed by atoms with Crippen LogP contribution in [-0.4, -0.2) is 54.5 Å². The lowest BCUT2D eigenvalue weighted by Crippen LogP contribution is -2.50. The van der Waals surface area contributed by atoms with Crippen molar-refractivity contribution in [1.29, 1.82) is 0 Å². The van der Waals surface area contributed by atoms with E-state index in [1.807, 2.05) is 37.3 Å². The van der Waals surface area contributed by atoms with Crippen LogP contribution < -0.4 is 5.32 Å². The molecule has 11 heteroatoms. The number of amides is 3. The SMILES string of the molecule is CCCNC(=O)C(Cc1ccccc1)N(Cc1ccc(Cl)cc1Cl)C(=O)CCCN1C(=O)c2ccccc2S1(=O)=O. The molecule has 3 aromatic rings. The number of fused-ring (bicyclic) bond motifs is 1. The Labute approximate surface area is 250 Å². The number of carbonyl (C=O) groups is 3. The Balaban J connectivity index is 1.58. The predicted octanol–water partition coefficient (Wildman–Crippen LogP) is 5.08. The maximum Gasteiger partial charge on any atom is 0.269 e. The van der Waals surface area contributed by atoms with Gasteiger partial charge in [-0.15, -0.1) is 0 Å². The Morgan fingerprint density at radius 2 is 1.71 bits per heavy atom. The number of halogens is 2. The van der Waals surface area contributed by atoms with Crippen molar-refractivity contribution in [2.24, 2.45) is 0 Å². The second-order valence-electron chi connectivity index (χ2n) is 9.74. The van der Waals surface area contributed by atoms with Crippen molar-refractivity contribution in [2.45, 2.75) is 50.1 Å². The summed E-state index contributed by atoms with van der Waals surface area (Å²) in [5.74, 6) is -1.29. The van der Waals surface area contributed by atoms with Crippen LogP contribution in [0.4, 0.5) is 0 Å². The van der Waals surface area contributed by atoms with E-state index in [1.165, 1.54) is 17.0 Å². The van der Waals surface area contributed by atoms with Gasteiger partial charge in [-0.3, -0.25) is 14.4 Å². The molecule has 1 heterocycles. The highest BCUT2D eigenvalue weighted by Crippen LogP contribution is 2.30.